The van der Waals surface area contributed by atoms with Crippen LogP contribution in [0.5, 0.6) is 0 Å². The van der Waals surface area contributed by atoms with Crippen molar-refractivity contribution in [3.8, 4) is 0 Å². The third-order valence-corrected chi connectivity index (χ3v) is 6.34. The number of benzene rings is 3. The highest BCUT2D eigenvalue weighted by Gasteiger charge is 2.39. The van der Waals surface area contributed by atoms with E-state index in [0.717, 1.165) is 5.56 Å². The Morgan fingerprint density at radius 1 is 0.872 bits per heavy atom. The van der Waals surface area contributed by atoms with E-state index >= 15 is 0 Å². The maximum absolute atomic E-state index is 13.7. The van der Waals surface area contributed by atoms with Gasteiger partial charge in [-0.05, 0) is 41.5 Å². The number of esters is 1. The van der Waals surface area contributed by atoms with Crippen molar-refractivity contribution in [1.29, 1.82) is 0 Å². The monoisotopic (exact) mass is 555 g/mol. The smallest absolute Gasteiger partial charge is 0.416 e. The van der Waals surface area contributed by atoms with Crippen LogP contribution in [0.1, 0.15) is 45.1 Å². The highest BCUT2D eigenvalue weighted by Crippen LogP contribution is 2.37. The van der Waals surface area contributed by atoms with Crippen LogP contribution in [-0.2, 0) is 28.4 Å². The molecule has 0 aliphatic carbocycles. The number of ether oxygens (including phenoxy) is 2. The van der Waals surface area contributed by atoms with E-state index in [-0.39, 0.29) is 19.1 Å². The predicted molar refractivity (Wildman–Crippen MR) is 127 cm³/mol. The van der Waals surface area contributed by atoms with Crippen molar-refractivity contribution in [2.24, 2.45) is 0 Å². The van der Waals surface area contributed by atoms with E-state index in [9.17, 15) is 35.5 Å². The largest absolute Gasteiger partial charge is 0.457 e. The van der Waals surface area contributed by atoms with Crippen LogP contribution in [0, 0.1) is 5.82 Å². The molecule has 39 heavy (non-hydrogen) atoms. The molecule has 0 aromatic heterocycles. The molecule has 1 heterocycles. The summed E-state index contributed by atoms with van der Waals surface area (Å²) in [5.41, 5.74) is -2.65. The van der Waals surface area contributed by atoms with E-state index in [4.69, 9.17) is 9.47 Å². The lowest BCUT2D eigenvalue weighted by atomic mass is 9.95. The minimum atomic E-state index is -5.12. The average Bonchev–Trinajstić information content (AvgIpc) is 2.87. The first-order chi connectivity index (χ1) is 18.4. The van der Waals surface area contributed by atoms with Gasteiger partial charge < -0.3 is 9.47 Å². The Hall–Kier alpha value is -3.44. The molecule has 208 valence electrons. The number of hydrogen-bond donors (Lipinski definition) is 0. The summed E-state index contributed by atoms with van der Waals surface area (Å²) in [6.07, 6.45) is -11.2. The fourth-order valence-electron chi connectivity index (χ4n) is 4.50. The zero-order chi connectivity index (χ0) is 28.2. The van der Waals surface area contributed by atoms with Crippen LogP contribution in [0.3, 0.4) is 0 Å². The normalized spacial score (nSPS) is 19.3. The first kappa shape index (κ1) is 28.6. The third-order valence-electron chi connectivity index (χ3n) is 6.34. The number of hydrogen-bond acceptors (Lipinski definition) is 4. The van der Waals surface area contributed by atoms with Gasteiger partial charge in [-0.1, -0.05) is 42.5 Å². The van der Waals surface area contributed by atoms with E-state index < -0.39 is 53.0 Å². The molecule has 0 saturated carbocycles. The van der Waals surface area contributed by atoms with Gasteiger partial charge in [-0.15, -0.1) is 0 Å². The number of nitrogens with zero attached hydrogens (tertiary/aromatic N) is 1. The molecular formula is C28H24F7NO3. The summed E-state index contributed by atoms with van der Waals surface area (Å²) in [7, 11) is 0. The van der Waals surface area contributed by atoms with E-state index in [1.165, 1.54) is 24.3 Å². The van der Waals surface area contributed by atoms with E-state index in [0.29, 0.717) is 37.4 Å². The predicted octanol–water partition coefficient (Wildman–Crippen LogP) is 7.05. The van der Waals surface area contributed by atoms with Crippen molar-refractivity contribution < 1.29 is 45.0 Å². The third kappa shape index (κ3) is 7.36. The second-order valence-corrected chi connectivity index (χ2v) is 9.09. The van der Waals surface area contributed by atoms with Gasteiger partial charge in [-0.2, -0.15) is 26.3 Å². The van der Waals surface area contributed by atoms with Crippen LogP contribution in [0.25, 0.3) is 0 Å². The first-order valence-corrected chi connectivity index (χ1v) is 12.0. The van der Waals surface area contributed by atoms with Crippen LogP contribution >= 0.6 is 0 Å². The summed E-state index contributed by atoms with van der Waals surface area (Å²) in [6, 6.07) is 14.7. The Labute approximate surface area is 219 Å². The zero-order valence-electron chi connectivity index (χ0n) is 20.4. The lowest BCUT2D eigenvalue weighted by molar-refractivity contribution is -0.143. The Kier molecular flexibility index (Phi) is 8.60. The second kappa shape index (κ2) is 11.7. The Morgan fingerprint density at radius 3 is 2.08 bits per heavy atom. The van der Waals surface area contributed by atoms with Gasteiger partial charge in [0.1, 0.15) is 11.9 Å². The summed E-state index contributed by atoms with van der Waals surface area (Å²) in [5.74, 6) is -1.84. The lowest BCUT2D eigenvalue weighted by Crippen LogP contribution is -2.42. The van der Waals surface area contributed by atoms with Gasteiger partial charge in [0, 0.05) is 19.5 Å². The van der Waals surface area contributed by atoms with Crippen LogP contribution < -0.4 is 0 Å². The fourth-order valence-corrected chi connectivity index (χ4v) is 4.50. The molecule has 4 nitrogen and oxygen atoms in total. The Balaban J connectivity index is 1.72. The van der Waals surface area contributed by atoms with Crippen LogP contribution in [0.4, 0.5) is 30.7 Å². The first-order valence-electron chi connectivity index (χ1n) is 12.0. The topological polar surface area (TPSA) is 38.8 Å². The summed E-state index contributed by atoms with van der Waals surface area (Å²) < 4.78 is 105. The van der Waals surface area contributed by atoms with Gasteiger partial charge in [0.05, 0.1) is 35.9 Å². The van der Waals surface area contributed by atoms with Gasteiger partial charge in [0.25, 0.3) is 0 Å². The lowest BCUT2D eigenvalue weighted by Gasteiger charge is -2.38. The van der Waals surface area contributed by atoms with Crippen molar-refractivity contribution in [2.45, 2.75) is 37.5 Å². The van der Waals surface area contributed by atoms with Gasteiger partial charge >= 0.3 is 18.3 Å². The minimum absolute atomic E-state index is 0.0522. The van der Waals surface area contributed by atoms with Crippen molar-refractivity contribution in [3.05, 3.63) is 106 Å². The SMILES string of the molecule is O=C(OC1CCOCCN(Cc2ccccc2)C1c1ccc(F)cc1)c1cc(C(F)(F)F)cc(C(F)(F)F)c1. The van der Waals surface area contributed by atoms with E-state index in [2.05, 4.69) is 0 Å². The van der Waals surface area contributed by atoms with Crippen molar-refractivity contribution in [1.82, 2.24) is 4.90 Å². The van der Waals surface area contributed by atoms with Crippen molar-refractivity contribution in [3.63, 3.8) is 0 Å². The molecule has 4 rings (SSSR count). The molecule has 0 bridgehead atoms. The summed E-state index contributed by atoms with van der Waals surface area (Å²) in [4.78, 5) is 15.0. The Morgan fingerprint density at radius 2 is 1.49 bits per heavy atom. The Bertz CT molecular complexity index is 1230. The molecule has 1 aliphatic rings. The molecular weight excluding hydrogens is 531 g/mol. The van der Waals surface area contributed by atoms with Crippen molar-refractivity contribution >= 4 is 5.97 Å². The highest BCUT2D eigenvalue weighted by atomic mass is 19.4. The van der Waals surface area contributed by atoms with Crippen LogP contribution in [0.2, 0.25) is 0 Å². The summed E-state index contributed by atoms with van der Waals surface area (Å²) in [5, 5.41) is 0. The minimum Gasteiger partial charge on any atom is -0.457 e. The van der Waals surface area contributed by atoms with Gasteiger partial charge in [-0.25, -0.2) is 9.18 Å². The zero-order valence-corrected chi connectivity index (χ0v) is 20.4. The fraction of sp³-hybridized carbons (Fsp3) is 0.321. The van der Waals surface area contributed by atoms with Crippen LogP contribution in [0.15, 0.2) is 72.8 Å². The number of rotatable bonds is 5. The maximum Gasteiger partial charge on any atom is 0.416 e. The average molecular weight is 555 g/mol. The van der Waals surface area contributed by atoms with Gasteiger partial charge in [0.15, 0.2) is 0 Å². The summed E-state index contributed by atoms with van der Waals surface area (Å²) in [6.45, 7) is 1.19. The van der Waals surface area contributed by atoms with Gasteiger partial charge in [-0.3, -0.25) is 4.90 Å². The van der Waals surface area contributed by atoms with Crippen LogP contribution in [-0.4, -0.2) is 36.7 Å². The quantitative estimate of drug-likeness (QED) is 0.250. The molecule has 0 spiro atoms. The molecule has 11 heteroatoms. The second-order valence-electron chi connectivity index (χ2n) is 9.09. The molecule has 2 atom stereocenters. The van der Waals surface area contributed by atoms with E-state index in [1.807, 2.05) is 35.2 Å². The highest BCUT2D eigenvalue weighted by molar-refractivity contribution is 5.90. The molecule has 1 saturated heterocycles. The molecule has 3 aromatic rings. The molecule has 1 aliphatic heterocycles. The standard InChI is InChI=1S/C28H24F7NO3/c29-23-8-6-19(7-9-23)25-24(10-12-38-13-11-36(25)17-18-4-2-1-3-5-18)39-26(37)20-14-21(27(30,31)32)16-22(15-20)28(33,34)35/h1-9,14-16,24-25H,10-13,17H2. The number of halogens is 7. The maximum atomic E-state index is 13.7. The van der Waals surface area contributed by atoms with E-state index in [1.54, 1.807) is 0 Å². The van der Waals surface area contributed by atoms with Crippen molar-refractivity contribution in [2.75, 3.05) is 19.8 Å². The number of carbonyl (C=O) groups excluding carboxylic acids is 1. The molecule has 0 amide bonds. The van der Waals surface area contributed by atoms with Gasteiger partial charge in [0.2, 0.25) is 0 Å². The number of alkyl halides is 6. The molecule has 3 aromatic carbocycles. The molecule has 0 radical (unpaired) electrons. The number of carbonyl (C=O) groups is 1. The molecule has 2 unspecified atom stereocenters. The molecule has 1 fully saturated rings. The summed E-state index contributed by atoms with van der Waals surface area (Å²) >= 11 is 0. The molecule has 0 N–H and O–H groups in total.